The average molecular weight is 181 g/mol. The first kappa shape index (κ1) is 7.39. The Bertz CT molecular complexity index is 193. The third kappa shape index (κ3) is 1.85. The van der Waals surface area contributed by atoms with Crippen LogP contribution < -0.4 is 0 Å². The van der Waals surface area contributed by atoms with Crippen molar-refractivity contribution in [1.82, 2.24) is 0 Å². The maximum Gasteiger partial charge on any atom is 0.141 e. The normalized spacial score (nSPS) is 10.7. The molecule has 0 unspecified atom stereocenters. The largest absolute Gasteiger partial charge is 0.146 e. The highest BCUT2D eigenvalue weighted by Gasteiger charge is 2.03. The topological polar surface area (TPSA) is 0 Å². The lowest BCUT2D eigenvalue weighted by Crippen LogP contribution is -1.69. The first-order chi connectivity index (χ1) is 4.20. The molecule has 0 bridgehead atoms. The maximum absolute atomic E-state index is 5.59. The van der Waals surface area contributed by atoms with Crippen LogP contribution in [0.1, 0.15) is 15.3 Å². The van der Waals surface area contributed by atoms with E-state index in [-0.39, 0.29) is 4.84 Å². The average Bonchev–Trinajstić information content (AvgIpc) is 2.14. The van der Waals surface area contributed by atoms with Crippen molar-refractivity contribution >= 4 is 34.5 Å². The van der Waals surface area contributed by atoms with Gasteiger partial charge in [-0.3, -0.25) is 0 Å². The molecule has 1 rings (SSSR count). The van der Waals surface area contributed by atoms with E-state index in [1.165, 1.54) is 5.56 Å². The number of halogens is 2. The first-order valence-electron chi connectivity index (χ1n) is 2.53. The smallest absolute Gasteiger partial charge is 0.141 e. The summed E-state index contributed by atoms with van der Waals surface area (Å²) in [7, 11) is 0. The lowest BCUT2D eigenvalue weighted by atomic mass is 10.4. The number of aryl methyl sites for hydroxylation is 1. The highest BCUT2D eigenvalue weighted by Crippen LogP contribution is 2.29. The zero-order chi connectivity index (χ0) is 6.85. The van der Waals surface area contributed by atoms with Gasteiger partial charge in [-0.25, -0.2) is 0 Å². The Labute approximate surface area is 68.4 Å². The van der Waals surface area contributed by atoms with Gasteiger partial charge in [-0.05, 0) is 23.9 Å². The van der Waals surface area contributed by atoms with Crippen molar-refractivity contribution in [3.8, 4) is 0 Å². The zero-order valence-electron chi connectivity index (χ0n) is 4.90. The Morgan fingerprint density at radius 3 is 2.44 bits per heavy atom. The molecule has 0 nitrogen and oxygen atoms in total. The Morgan fingerprint density at radius 2 is 2.22 bits per heavy atom. The lowest BCUT2D eigenvalue weighted by molar-refractivity contribution is 1.42. The van der Waals surface area contributed by atoms with Crippen LogP contribution in [0.3, 0.4) is 0 Å². The molecule has 0 saturated carbocycles. The molecule has 0 radical (unpaired) electrons. The maximum atomic E-state index is 5.59. The second-order valence-corrected chi connectivity index (χ2v) is 3.87. The molecule has 3 heteroatoms. The number of alkyl halides is 2. The van der Waals surface area contributed by atoms with Gasteiger partial charge in [0.25, 0.3) is 0 Å². The minimum absolute atomic E-state index is 0.358. The molecule has 0 spiro atoms. The van der Waals surface area contributed by atoms with Crippen molar-refractivity contribution in [2.45, 2.75) is 11.8 Å². The third-order valence-electron chi connectivity index (χ3n) is 0.966. The van der Waals surface area contributed by atoms with Gasteiger partial charge in [0.2, 0.25) is 0 Å². The molecule has 0 aromatic carbocycles. The molecule has 0 fully saturated rings. The van der Waals surface area contributed by atoms with Gasteiger partial charge in [0.1, 0.15) is 4.84 Å². The van der Waals surface area contributed by atoms with Crippen LogP contribution in [0.15, 0.2) is 11.4 Å². The Kier molecular flexibility index (Phi) is 2.39. The van der Waals surface area contributed by atoms with Crippen LogP contribution in [-0.4, -0.2) is 0 Å². The lowest BCUT2D eigenvalue weighted by Gasteiger charge is -1.90. The van der Waals surface area contributed by atoms with Crippen molar-refractivity contribution in [3.05, 3.63) is 21.9 Å². The summed E-state index contributed by atoms with van der Waals surface area (Å²) < 4.78 is 0. The SMILES string of the molecule is Cc1csc(C(Cl)Cl)c1. The summed E-state index contributed by atoms with van der Waals surface area (Å²) in [5.74, 6) is 0. The van der Waals surface area contributed by atoms with Crippen molar-refractivity contribution in [2.75, 3.05) is 0 Å². The van der Waals surface area contributed by atoms with E-state index in [0.717, 1.165) is 4.88 Å². The van der Waals surface area contributed by atoms with Gasteiger partial charge in [-0.2, -0.15) is 0 Å². The van der Waals surface area contributed by atoms with Crippen LogP contribution in [0.4, 0.5) is 0 Å². The summed E-state index contributed by atoms with van der Waals surface area (Å²) in [6.45, 7) is 2.02. The Balaban J connectivity index is 2.85. The molecule has 0 amide bonds. The fourth-order valence-electron chi connectivity index (χ4n) is 0.568. The minimum atomic E-state index is -0.358. The summed E-state index contributed by atoms with van der Waals surface area (Å²) >= 11 is 12.8. The standard InChI is InChI=1S/C6H6Cl2S/c1-4-2-5(6(7)8)9-3-4/h2-3,6H,1H3. The molecule has 50 valence electrons. The van der Waals surface area contributed by atoms with Crippen LogP contribution in [0.5, 0.6) is 0 Å². The van der Waals surface area contributed by atoms with Crippen LogP contribution in [0, 0.1) is 6.92 Å². The van der Waals surface area contributed by atoms with Gasteiger partial charge in [-0.15, -0.1) is 11.3 Å². The molecule has 1 heterocycles. The highest BCUT2D eigenvalue weighted by molar-refractivity contribution is 7.10. The second-order valence-electron chi connectivity index (χ2n) is 1.83. The number of hydrogen-bond donors (Lipinski definition) is 0. The van der Waals surface area contributed by atoms with Gasteiger partial charge in [0.05, 0.1) is 0 Å². The van der Waals surface area contributed by atoms with E-state index in [9.17, 15) is 0 Å². The fraction of sp³-hybridized carbons (Fsp3) is 0.333. The van der Waals surface area contributed by atoms with E-state index in [2.05, 4.69) is 0 Å². The molecule has 0 aliphatic carbocycles. The summed E-state index contributed by atoms with van der Waals surface area (Å²) in [6, 6.07) is 2.00. The molecule has 0 aliphatic rings. The van der Waals surface area contributed by atoms with Crippen molar-refractivity contribution < 1.29 is 0 Å². The molecule has 9 heavy (non-hydrogen) atoms. The van der Waals surface area contributed by atoms with Crippen LogP contribution >= 0.6 is 34.5 Å². The quantitative estimate of drug-likeness (QED) is 0.581. The molecular weight excluding hydrogens is 175 g/mol. The predicted molar refractivity (Wildman–Crippen MR) is 43.5 cm³/mol. The van der Waals surface area contributed by atoms with Crippen molar-refractivity contribution in [1.29, 1.82) is 0 Å². The van der Waals surface area contributed by atoms with Gasteiger partial charge in [0.15, 0.2) is 0 Å². The van der Waals surface area contributed by atoms with Gasteiger partial charge in [0, 0.05) is 4.88 Å². The predicted octanol–water partition coefficient (Wildman–Crippen LogP) is 3.53. The molecule has 0 aliphatic heterocycles. The number of thiophene rings is 1. The number of rotatable bonds is 1. The van der Waals surface area contributed by atoms with Crippen LogP contribution in [-0.2, 0) is 0 Å². The van der Waals surface area contributed by atoms with E-state index in [0.29, 0.717) is 0 Å². The van der Waals surface area contributed by atoms with E-state index in [1.807, 2.05) is 18.4 Å². The second kappa shape index (κ2) is 2.91. The summed E-state index contributed by atoms with van der Waals surface area (Å²) in [5, 5.41) is 2.03. The van der Waals surface area contributed by atoms with Gasteiger partial charge >= 0.3 is 0 Å². The Morgan fingerprint density at radius 1 is 1.56 bits per heavy atom. The van der Waals surface area contributed by atoms with Crippen LogP contribution in [0.2, 0.25) is 0 Å². The minimum Gasteiger partial charge on any atom is -0.146 e. The molecule has 0 atom stereocenters. The first-order valence-corrected chi connectivity index (χ1v) is 4.28. The fourth-order valence-corrected chi connectivity index (χ4v) is 1.75. The summed E-state index contributed by atoms with van der Waals surface area (Å²) in [6.07, 6.45) is 0. The van der Waals surface area contributed by atoms with Crippen molar-refractivity contribution in [2.24, 2.45) is 0 Å². The van der Waals surface area contributed by atoms with Crippen molar-refractivity contribution in [3.63, 3.8) is 0 Å². The summed E-state index contributed by atoms with van der Waals surface area (Å²) in [4.78, 5) is 0.666. The highest BCUT2D eigenvalue weighted by atomic mass is 35.5. The summed E-state index contributed by atoms with van der Waals surface area (Å²) in [5.41, 5.74) is 1.22. The van der Waals surface area contributed by atoms with Gasteiger partial charge in [-0.1, -0.05) is 23.2 Å². The van der Waals surface area contributed by atoms with E-state index < -0.39 is 0 Å². The molecule has 1 aromatic heterocycles. The molecule has 1 aromatic rings. The molecular formula is C6H6Cl2S. The molecule has 0 N–H and O–H groups in total. The molecule has 0 saturated heterocycles. The van der Waals surface area contributed by atoms with E-state index in [1.54, 1.807) is 11.3 Å². The van der Waals surface area contributed by atoms with Gasteiger partial charge < -0.3 is 0 Å². The van der Waals surface area contributed by atoms with E-state index in [4.69, 9.17) is 23.2 Å². The number of hydrogen-bond acceptors (Lipinski definition) is 1. The monoisotopic (exact) mass is 180 g/mol. The Hall–Kier alpha value is 0.280. The zero-order valence-corrected chi connectivity index (χ0v) is 7.22. The van der Waals surface area contributed by atoms with Crippen LogP contribution in [0.25, 0.3) is 0 Å². The third-order valence-corrected chi connectivity index (χ3v) is 2.81. The van der Waals surface area contributed by atoms with E-state index >= 15 is 0 Å².